The van der Waals surface area contributed by atoms with Crippen LogP contribution in [0.4, 0.5) is 37.7 Å². The van der Waals surface area contributed by atoms with Crippen molar-refractivity contribution < 1.29 is 35.4 Å². The Bertz CT molecular complexity index is 953. The number of nitrogens with one attached hydrogen (secondary N) is 1. The summed E-state index contributed by atoms with van der Waals surface area (Å²) in [6.45, 7) is 8.82. The minimum atomic E-state index is -4.71. The van der Waals surface area contributed by atoms with Gasteiger partial charge < -0.3 is 14.4 Å². The molecule has 0 aromatic heterocycles. The Balaban J connectivity index is 2.53. The smallest absolute Gasteiger partial charge is 0.354 e. The first-order valence-electron chi connectivity index (χ1n) is 11.0. The molecule has 0 atom stereocenters. The lowest BCUT2D eigenvalue weighted by Gasteiger charge is -2.29. The molecule has 0 unspecified atom stereocenters. The van der Waals surface area contributed by atoms with E-state index in [1.807, 2.05) is 19.1 Å². The number of rotatable bonds is 10. The van der Waals surface area contributed by atoms with Gasteiger partial charge in [0.1, 0.15) is 13.2 Å². The lowest BCUT2D eigenvalue weighted by atomic mass is 10.2. The molecule has 0 radical (unpaired) electrons. The highest BCUT2D eigenvalue weighted by molar-refractivity contribution is 7.67. The molecule has 0 fully saturated rings. The number of hydrogen-bond donors (Lipinski definition) is 1. The first-order chi connectivity index (χ1) is 16.1. The Labute approximate surface area is 205 Å². The van der Waals surface area contributed by atoms with E-state index in [-0.39, 0.29) is 5.30 Å². The molecule has 11 heteroatoms. The van der Waals surface area contributed by atoms with Crippen LogP contribution in [0.25, 0.3) is 0 Å². The van der Waals surface area contributed by atoms with Gasteiger partial charge in [0.15, 0.2) is 0 Å². The standard InChI is InChI=1S/C24H31F6NO2P2/c1-15(2)34(16(3)4)21-11-17(5)7-9-19(21)31-20-10-8-18(6)12-22(20)35(32-13-23(25,26)27)33-14-24(28,29)30/h7-12,15-16,31H,13-14H2,1-6H3. The largest absolute Gasteiger partial charge is 0.412 e. The second-order valence-electron chi connectivity index (χ2n) is 8.80. The van der Waals surface area contributed by atoms with Crippen molar-refractivity contribution in [3.05, 3.63) is 47.5 Å². The van der Waals surface area contributed by atoms with Crippen LogP contribution >= 0.6 is 16.3 Å². The fraction of sp³-hybridized carbons (Fsp3) is 0.500. The Hall–Kier alpha value is -1.40. The Morgan fingerprint density at radius 2 is 1.11 bits per heavy atom. The summed E-state index contributed by atoms with van der Waals surface area (Å²) in [7, 11) is -3.27. The van der Waals surface area contributed by atoms with Crippen molar-refractivity contribution in [1.29, 1.82) is 0 Å². The predicted octanol–water partition coefficient (Wildman–Crippen LogP) is 8.07. The molecule has 0 amide bonds. The van der Waals surface area contributed by atoms with E-state index < -0.39 is 41.9 Å². The molecule has 2 rings (SSSR count). The van der Waals surface area contributed by atoms with Gasteiger partial charge in [0, 0.05) is 11.0 Å². The van der Waals surface area contributed by atoms with Crippen LogP contribution in [0.5, 0.6) is 0 Å². The van der Waals surface area contributed by atoms with Gasteiger partial charge in [-0.05, 0) is 49.4 Å². The van der Waals surface area contributed by atoms with Gasteiger partial charge in [0.2, 0.25) is 8.38 Å². The number of halogens is 6. The number of alkyl halides is 6. The third kappa shape index (κ3) is 9.53. The molecule has 196 valence electrons. The average molecular weight is 541 g/mol. The highest BCUT2D eigenvalue weighted by Crippen LogP contribution is 2.48. The maximum Gasteiger partial charge on any atom is 0.412 e. The molecule has 0 aliphatic rings. The molecule has 35 heavy (non-hydrogen) atoms. The van der Waals surface area contributed by atoms with E-state index in [0.29, 0.717) is 22.6 Å². The van der Waals surface area contributed by atoms with E-state index in [1.165, 1.54) is 6.07 Å². The predicted molar refractivity (Wildman–Crippen MR) is 133 cm³/mol. The normalized spacial score (nSPS) is 12.9. The van der Waals surface area contributed by atoms with Gasteiger partial charge in [-0.25, -0.2) is 0 Å². The molecule has 0 saturated carbocycles. The number of aryl methyl sites for hydroxylation is 2. The second kappa shape index (κ2) is 12.2. The summed E-state index contributed by atoms with van der Waals surface area (Å²) < 4.78 is 86.9. The zero-order valence-corrected chi connectivity index (χ0v) is 22.3. The van der Waals surface area contributed by atoms with E-state index in [0.717, 1.165) is 16.6 Å². The second-order valence-corrected chi connectivity index (χ2v) is 13.7. The van der Waals surface area contributed by atoms with Gasteiger partial charge in [-0.2, -0.15) is 26.3 Å². The quantitative estimate of drug-likeness (QED) is 0.244. The van der Waals surface area contributed by atoms with Crippen molar-refractivity contribution in [3.8, 4) is 0 Å². The third-order valence-electron chi connectivity index (χ3n) is 4.85. The minimum Gasteiger partial charge on any atom is -0.354 e. The van der Waals surface area contributed by atoms with Crippen molar-refractivity contribution in [2.24, 2.45) is 0 Å². The zero-order chi connectivity index (χ0) is 26.6. The number of anilines is 2. The number of hydrogen-bond acceptors (Lipinski definition) is 3. The van der Waals surface area contributed by atoms with Gasteiger partial charge in [-0.3, -0.25) is 0 Å². The molecule has 0 heterocycles. The van der Waals surface area contributed by atoms with Gasteiger partial charge in [-0.1, -0.05) is 58.9 Å². The van der Waals surface area contributed by atoms with Gasteiger partial charge in [0.25, 0.3) is 0 Å². The van der Waals surface area contributed by atoms with Crippen LogP contribution in [0.1, 0.15) is 38.8 Å². The average Bonchev–Trinajstić information content (AvgIpc) is 2.69. The first kappa shape index (κ1) is 29.8. The molecule has 0 aliphatic heterocycles. The van der Waals surface area contributed by atoms with Gasteiger partial charge >= 0.3 is 12.4 Å². The molecule has 0 spiro atoms. The number of benzene rings is 2. The van der Waals surface area contributed by atoms with Crippen LogP contribution in [0.3, 0.4) is 0 Å². The zero-order valence-electron chi connectivity index (χ0n) is 20.5. The summed E-state index contributed by atoms with van der Waals surface area (Å²) >= 11 is 0. The third-order valence-corrected chi connectivity index (χ3v) is 9.50. The van der Waals surface area contributed by atoms with E-state index in [1.54, 1.807) is 19.1 Å². The molecule has 2 aromatic rings. The topological polar surface area (TPSA) is 30.5 Å². The Morgan fingerprint density at radius 3 is 1.51 bits per heavy atom. The summed E-state index contributed by atoms with van der Waals surface area (Å²) in [5, 5.41) is 4.49. The molecule has 0 saturated heterocycles. The van der Waals surface area contributed by atoms with Crippen LogP contribution in [0.2, 0.25) is 0 Å². The summed E-state index contributed by atoms with van der Waals surface area (Å²) in [4.78, 5) is 0. The maximum absolute atomic E-state index is 12.9. The first-order valence-corrected chi connectivity index (χ1v) is 13.7. The van der Waals surface area contributed by atoms with Crippen LogP contribution < -0.4 is 15.9 Å². The van der Waals surface area contributed by atoms with Gasteiger partial charge in [0.05, 0.1) is 11.0 Å². The van der Waals surface area contributed by atoms with E-state index in [4.69, 9.17) is 9.05 Å². The SMILES string of the molecule is Cc1ccc(Nc2ccc(C)cc2P(C(C)C)C(C)C)c(P(OCC(F)(F)F)OCC(F)(F)F)c1. The molecule has 0 bridgehead atoms. The molecule has 0 aliphatic carbocycles. The molecule has 2 aromatic carbocycles. The minimum absolute atomic E-state index is 0.124. The monoisotopic (exact) mass is 541 g/mol. The van der Waals surface area contributed by atoms with Crippen molar-refractivity contribution in [2.75, 3.05) is 18.5 Å². The van der Waals surface area contributed by atoms with Crippen LogP contribution in [0, 0.1) is 13.8 Å². The maximum atomic E-state index is 12.9. The summed E-state index contributed by atoms with van der Waals surface area (Å²) in [5.41, 5.74) is 3.56. The van der Waals surface area contributed by atoms with Crippen molar-refractivity contribution >= 4 is 38.3 Å². The van der Waals surface area contributed by atoms with Crippen molar-refractivity contribution in [1.82, 2.24) is 0 Å². The van der Waals surface area contributed by atoms with Gasteiger partial charge in [-0.15, -0.1) is 0 Å². The van der Waals surface area contributed by atoms with E-state index >= 15 is 0 Å². The van der Waals surface area contributed by atoms with E-state index in [9.17, 15) is 26.3 Å². The summed E-state index contributed by atoms with van der Waals surface area (Å²) in [6.07, 6.45) is -9.43. The highest BCUT2D eigenvalue weighted by atomic mass is 31.2. The van der Waals surface area contributed by atoms with Crippen LogP contribution in [-0.4, -0.2) is 36.9 Å². The lowest BCUT2D eigenvalue weighted by Crippen LogP contribution is -2.23. The Kier molecular flexibility index (Phi) is 10.4. The fourth-order valence-corrected chi connectivity index (χ4v) is 8.18. The molecule has 1 N–H and O–H groups in total. The molecular formula is C24H31F6NO2P2. The summed E-state index contributed by atoms with van der Waals surface area (Å²) in [6, 6.07) is 10.8. The van der Waals surface area contributed by atoms with Crippen molar-refractivity contribution in [2.45, 2.75) is 65.2 Å². The lowest BCUT2D eigenvalue weighted by molar-refractivity contribution is -0.161. The summed E-state index contributed by atoms with van der Waals surface area (Å²) in [5.74, 6) is 0. The van der Waals surface area contributed by atoms with Crippen LogP contribution in [0.15, 0.2) is 36.4 Å². The van der Waals surface area contributed by atoms with Crippen molar-refractivity contribution in [3.63, 3.8) is 0 Å². The molecule has 3 nitrogen and oxygen atoms in total. The molecular weight excluding hydrogens is 510 g/mol. The van der Waals surface area contributed by atoms with Crippen LogP contribution in [-0.2, 0) is 9.05 Å². The highest BCUT2D eigenvalue weighted by Gasteiger charge is 2.35. The van der Waals surface area contributed by atoms with E-state index in [2.05, 4.69) is 39.1 Å². The Morgan fingerprint density at radius 1 is 0.714 bits per heavy atom. The fourth-order valence-electron chi connectivity index (χ4n) is 3.60.